The van der Waals surface area contributed by atoms with E-state index in [2.05, 4.69) is 51.5 Å². The predicted molar refractivity (Wildman–Crippen MR) is 156 cm³/mol. The number of benzene rings is 3. The van der Waals surface area contributed by atoms with Crippen LogP contribution in [0.2, 0.25) is 0 Å². The molecule has 3 aromatic rings. The summed E-state index contributed by atoms with van der Waals surface area (Å²) in [5.41, 5.74) is 2.65. The number of para-hydroxylation sites is 1. The van der Waals surface area contributed by atoms with Crippen molar-refractivity contribution in [3.05, 3.63) is 102 Å². The van der Waals surface area contributed by atoms with Crippen LogP contribution in [0.25, 0.3) is 0 Å². The fourth-order valence-corrected chi connectivity index (χ4v) is 6.60. The summed E-state index contributed by atoms with van der Waals surface area (Å²) in [6.07, 6.45) is 2.10. The number of hydrogen-bond donors (Lipinski definition) is 1. The van der Waals surface area contributed by atoms with Crippen molar-refractivity contribution in [3.63, 3.8) is 0 Å². The van der Waals surface area contributed by atoms with Gasteiger partial charge in [0.2, 0.25) is 11.8 Å². The maximum atomic E-state index is 14.2. The second-order valence-corrected chi connectivity index (χ2v) is 11.3. The maximum Gasteiger partial charge on any atom is 0.248 e. The first kappa shape index (κ1) is 26.5. The quantitative estimate of drug-likeness (QED) is 0.472. The molecule has 0 radical (unpaired) electrons. The van der Waals surface area contributed by atoms with E-state index in [9.17, 15) is 9.59 Å². The van der Waals surface area contributed by atoms with Crippen LogP contribution in [0.1, 0.15) is 30.4 Å². The van der Waals surface area contributed by atoms with Crippen LogP contribution >= 0.6 is 0 Å². The predicted octanol–water partition coefficient (Wildman–Crippen LogP) is 3.84. The third kappa shape index (κ3) is 5.49. The molecular weight excluding hydrogens is 500 g/mol. The Bertz CT molecular complexity index is 1280. The normalized spacial score (nSPS) is 23.0. The van der Waals surface area contributed by atoms with Gasteiger partial charge in [0.25, 0.3) is 0 Å². The van der Waals surface area contributed by atoms with Crippen LogP contribution in [-0.4, -0.2) is 72.0 Å². The Labute approximate surface area is 236 Å². The van der Waals surface area contributed by atoms with E-state index in [1.807, 2.05) is 59.5 Å². The van der Waals surface area contributed by atoms with Gasteiger partial charge in [-0.3, -0.25) is 14.5 Å². The van der Waals surface area contributed by atoms with E-state index in [-0.39, 0.29) is 24.5 Å². The lowest BCUT2D eigenvalue weighted by molar-refractivity contribution is -0.164. The molecule has 40 heavy (non-hydrogen) atoms. The third-order valence-corrected chi connectivity index (χ3v) is 8.69. The van der Waals surface area contributed by atoms with Crippen molar-refractivity contribution in [2.45, 2.75) is 50.0 Å². The van der Waals surface area contributed by atoms with Crippen molar-refractivity contribution >= 4 is 17.5 Å². The highest BCUT2D eigenvalue weighted by molar-refractivity contribution is 6.00. The van der Waals surface area contributed by atoms with Gasteiger partial charge in [0.1, 0.15) is 11.6 Å². The molecule has 7 nitrogen and oxygen atoms in total. The van der Waals surface area contributed by atoms with E-state index >= 15 is 0 Å². The van der Waals surface area contributed by atoms with Gasteiger partial charge in [-0.25, -0.2) is 0 Å². The number of carbonyl (C=O) groups excluding carboxylic acids is 2. The number of piperazine rings is 1. The monoisotopic (exact) mass is 538 g/mol. The minimum atomic E-state index is -0.828. The summed E-state index contributed by atoms with van der Waals surface area (Å²) in [6.45, 7) is 4.58. The number of ether oxygens (including phenoxy) is 1. The van der Waals surface area contributed by atoms with Crippen LogP contribution in [-0.2, 0) is 27.5 Å². The number of nitrogens with zero attached hydrogens (tertiary/aromatic N) is 3. The van der Waals surface area contributed by atoms with Crippen LogP contribution in [0.5, 0.6) is 0 Å². The SMILES string of the molecule is O=C1C(COCc2ccccc2)NC(=O)C2(CCN(c3ccccc3)CC2)N1C1CCN(Cc2ccccc2)C1. The summed E-state index contributed by atoms with van der Waals surface area (Å²) in [4.78, 5) is 34.9. The van der Waals surface area contributed by atoms with Crippen molar-refractivity contribution in [1.82, 2.24) is 15.1 Å². The van der Waals surface area contributed by atoms with Gasteiger partial charge in [-0.2, -0.15) is 0 Å². The standard InChI is InChI=1S/C33H38N4O3/c38-31-30(25-40-24-27-12-6-2-7-13-27)34-32(39)33(17-20-36(21-18-33)28-14-8-3-9-15-28)37(31)29-16-19-35(23-29)22-26-10-4-1-5-11-26/h1-15,29-30H,16-25H2,(H,34,39). The summed E-state index contributed by atoms with van der Waals surface area (Å²) in [7, 11) is 0. The number of amides is 2. The maximum absolute atomic E-state index is 14.2. The van der Waals surface area contributed by atoms with E-state index < -0.39 is 11.6 Å². The van der Waals surface area contributed by atoms with Crippen LogP contribution in [0, 0.1) is 0 Å². The molecule has 1 N–H and O–H groups in total. The molecule has 3 heterocycles. The lowest BCUT2D eigenvalue weighted by Crippen LogP contribution is -2.75. The molecule has 208 valence electrons. The molecule has 0 bridgehead atoms. The fourth-order valence-electron chi connectivity index (χ4n) is 6.60. The molecule has 0 aliphatic carbocycles. The van der Waals surface area contributed by atoms with Crippen molar-refractivity contribution in [3.8, 4) is 0 Å². The Morgan fingerprint density at radius 1 is 0.800 bits per heavy atom. The average Bonchev–Trinajstić information content (AvgIpc) is 3.45. The molecule has 1 spiro atoms. The van der Waals surface area contributed by atoms with E-state index in [0.717, 1.165) is 50.4 Å². The highest BCUT2D eigenvalue weighted by Crippen LogP contribution is 2.38. The van der Waals surface area contributed by atoms with E-state index in [4.69, 9.17) is 4.74 Å². The molecule has 7 heteroatoms. The third-order valence-electron chi connectivity index (χ3n) is 8.69. The Hall–Kier alpha value is -3.68. The highest BCUT2D eigenvalue weighted by atomic mass is 16.5. The number of carbonyl (C=O) groups is 2. The lowest BCUT2D eigenvalue weighted by Gasteiger charge is -2.54. The first-order valence-electron chi connectivity index (χ1n) is 14.4. The summed E-state index contributed by atoms with van der Waals surface area (Å²) in [6, 6.07) is 30.0. The molecule has 2 atom stereocenters. The van der Waals surface area contributed by atoms with E-state index in [1.54, 1.807) is 0 Å². The molecule has 6 rings (SSSR count). The Balaban J connectivity index is 1.20. The van der Waals surface area contributed by atoms with Gasteiger partial charge in [-0.15, -0.1) is 0 Å². The number of rotatable bonds is 8. The molecule has 3 aromatic carbocycles. The molecular formula is C33H38N4O3. The Kier molecular flexibility index (Phi) is 7.84. The molecule has 0 saturated carbocycles. The van der Waals surface area contributed by atoms with Gasteiger partial charge < -0.3 is 19.9 Å². The van der Waals surface area contributed by atoms with Crippen molar-refractivity contribution < 1.29 is 14.3 Å². The summed E-state index contributed by atoms with van der Waals surface area (Å²) < 4.78 is 5.96. The molecule has 0 aromatic heterocycles. The number of anilines is 1. The van der Waals surface area contributed by atoms with Crippen molar-refractivity contribution in [2.75, 3.05) is 37.7 Å². The minimum absolute atomic E-state index is 0.00200. The summed E-state index contributed by atoms with van der Waals surface area (Å²) >= 11 is 0. The van der Waals surface area contributed by atoms with Crippen molar-refractivity contribution in [2.24, 2.45) is 0 Å². The number of likely N-dealkylation sites (tertiary alicyclic amines) is 1. The van der Waals surface area contributed by atoms with Gasteiger partial charge in [0.05, 0.1) is 13.2 Å². The first-order valence-corrected chi connectivity index (χ1v) is 14.4. The molecule has 3 saturated heterocycles. The van der Waals surface area contributed by atoms with E-state index in [1.165, 1.54) is 5.56 Å². The molecule has 3 aliphatic rings. The number of nitrogens with one attached hydrogen (secondary N) is 1. The van der Waals surface area contributed by atoms with Gasteiger partial charge in [-0.05, 0) is 42.5 Å². The average molecular weight is 539 g/mol. The van der Waals surface area contributed by atoms with Crippen LogP contribution in [0.4, 0.5) is 5.69 Å². The van der Waals surface area contributed by atoms with Crippen LogP contribution in [0.15, 0.2) is 91.0 Å². The molecule has 3 aliphatic heterocycles. The van der Waals surface area contributed by atoms with Gasteiger partial charge in [0, 0.05) is 44.5 Å². The lowest BCUT2D eigenvalue weighted by atomic mass is 9.80. The van der Waals surface area contributed by atoms with Crippen LogP contribution < -0.4 is 10.2 Å². The molecule has 2 unspecified atom stereocenters. The van der Waals surface area contributed by atoms with Gasteiger partial charge >= 0.3 is 0 Å². The zero-order valence-electron chi connectivity index (χ0n) is 23.0. The van der Waals surface area contributed by atoms with Gasteiger partial charge in [0.15, 0.2) is 0 Å². The van der Waals surface area contributed by atoms with Gasteiger partial charge in [-0.1, -0.05) is 78.9 Å². The fraction of sp³-hybridized carbons (Fsp3) is 0.394. The van der Waals surface area contributed by atoms with E-state index in [0.29, 0.717) is 19.4 Å². The minimum Gasteiger partial charge on any atom is -0.374 e. The van der Waals surface area contributed by atoms with Crippen LogP contribution in [0.3, 0.4) is 0 Å². The first-order chi connectivity index (χ1) is 19.6. The molecule has 2 amide bonds. The zero-order chi connectivity index (χ0) is 27.4. The zero-order valence-corrected chi connectivity index (χ0v) is 23.0. The second-order valence-electron chi connectivity index (χ2n) is 11.3. The topological polar surface area (TPSA) is 65.1 Å². The Morgan fingerprint density at radius 2 is 1.43 bits per heavy atom. The largest absolute Gasteiger partial charge is 0.374 e. The highest BCUT2D eigenvalue weighted by Gasteiger charge is 2.56. The molecule has 3 fully saturated rings. The Morgan fingerprint density at radius 3 is 2.10 bits per heavy atom. The number of hydrogen-bond acceptors (Lipinski definition) is 5. The smallest absolute Gasteiger partial charge is 0.248 e. The number of piperidine rings is 1. The second kappa shape index (κ2) is 11.8. The summed E-state index contributed by atoms with van der Waals surface area (Å²) in [5.74, 6) is -0.0398. The van der Waals surface area contributed by atoms with Crippen molar-refractivity contribution in [1.29, 1.82) is 0 Å². The summed E-state index contributed by atoms with van der Waals surface area (Å²) in [5, 5.41) is 3.08.